The number of carboxylic acid groups (broad SMARTS) is 1. The molecule has 0 radical (unpaired) electrons. The highest BCUT2D eigenvalue weighted by Crippen LogP contribution is 2.37. The van der Waals surface area contributed by atoms with Crippen LogP contribution in [0.25, 0.3) is 0 Å². The average Bonchev–Trinajstić information content (AvgIpc) is 2.29. The zero-order valence-corrected chi connectivity index (χ0v) is 10.8. The molecule has 0 saturated carbocycles. The quantitative estimate of drug-likeness (QED) is 0.251. The molecule has 0 spiro atoms. The first-order chi connectivity index (χ1) is 8.96. The number of carbonyl (C=O) groups is 1. The minimum Gasteiger partial charge on any atom is -0.477 e. The number of hydrogen-bond donors (Lipinski definition) is 7. The summed E-state index contributed by atoms with van der Waals surface area (Å²) in [6.07, 6.45) is -8.04. The van der Waals surface area contributed by atoms with Gasteiger partial charge in [-0.2, -0.15) is 0 Å². The van der Waals surface area contributed by atoms with Crippen molar-refractivity contribution in [3.8, 4) is 0 Å². The van der Waals surface area contributed by atoms with E-state index in [4.69, 9.17) is 14.9 Å². The largest absolute Gasteiger partial charge is 0.477 e. The molecule has 1 aliphatic heterocycles. The second-order valence-electron chi connectivity index (χ2n) is 4.29. The number of aliphatic hydroxyl groups is 4. The van der Waals surface area contributed by atoms with Gasteiger partial charge in [0.25, 0.3) is 5.79 Å². The molecule has 20 heavy (non-hydrogen) atoms. The van der Waals surface area contributed by atoms with Crippen LogP contribution >= 0.6 is 7.82 Å². The summed E-state index contributed by atoms with van der Waals surface area (Å²) in [5, 5.41) is 46.9. The second kappa shape index (κ2) is 6.02. The topological polar surface area (TPSA) is 194 Å². The number of aliphatic hydroxyl groups excluding tert-OH is 3. The third-order valence-electron chi connectivity index (χ3n) is 2.67. The van der Waals surface area contributed by atoms with Gasteiger partial charge in [0.05, 0.1) is 12.7 Å². The number of hydrogen-bond acceptors (Lipinski definition) is 8. The van der Waals surface area contributed by atoms with Crippen molar-refractivity contribution in [3.05, 3.63) is 0 Å². The van der Waals surface area contributed by atoms with Crippen LogP contribution in [0.1, 0.15) is 6.42 Å². The van der Waals surface area contributed by atoms with Crippen molar-refractivity contribution in [2.75, 3.05) is 6.61 Å². The highest BCUT2D eigenvalue weighted by Gasteiger charge is 2.52. The molecule has 7 N–H and O–H groups in total. The van der Waals surface area contributed by atoms with Gasteiger partial charge in [-0.25, -0.2) is 9.36 Å². The molecule has 1 fully saturated rings. The van der Waals surface area contributed by atoms with Crippen LogP contribution in [0, 0.1) is 0 Å². The molecule has 1 rings (SSSR count). The lowest BCUT2D eigenvalue weighted by Crippen LogP contribution is -2.61. The summed E-state index contributed by atoms with van der Waals surface area (Å²) in [5.41, 5.74) is 0. The summed E-state index contributed by atoms with van der Waals surface area (Å²) >= 11 is 0. The van der Waals surface area contributed by atoms with Gasteiger partial charge in [0, 0.05) is 6.42 Å². The Morgan fingerprint density at radius 3 is 2.45 bits per heavy atom. The van der Waals surface area contributed by atoms with Crippen molar-refractivity contribution in [2.45, 2.75) is 36.6 Å². The third kappa shape index (κ3) is 4.19. The highest BCUT2D eigenvalue weighted by atomic mass is 31.2. The molecule has 0 aromatic rings. The van der Waals surface area contributed by atoms with E-state index < -0.39 is 57.0 Å². The first-order valence-electron chi connectivity index (χ1n) is 5.34. The number of phosphoric acid groups is 1. The molecule has 5 atom stereocenters. The fraction of sp³-hybridized carbons (Fsp3) is 0.875. The SMILES string of the molecule is O=C(O)[C@]1(O)C[C@@H](O)[C@@H](O)C([C@H](O)COP(=O)(O)O)O1. The fourth-order valence-electron chi connectivity index (χ4n) is 1.68. The van der Waals surface area contributed by atoms with Gasteiger partial charge in [0.2, 0.25) is 0 Å². The Morgan fingerprint density at radius 2 is 2.00 bits per heavy atom. The number of carboxylic acids is 1. The third-order valence-corrected chi connectivity index (χ3v) is 3.16. The van der Waals surface area contributed by atoms with E-state index in [1.807, 2.05) is 0 Å². The molecular formula is C8H15O11P. The molecule has 0 aromatic carbocycles. The minimum absolute atomic E-state index is 0.841. The van der Waals surface area contributed by atoms with Gasteiger partial charge in [-0.3, -0.25) is 4.52 Å². The molecule has 1 heterocycles. The second-order valence-corrected chi connectivity index (χ2v) is 5.53. The lowest BCUT2D eigenvalue weighted by molar-refractivity contribution is -0.308. The van der Waals surface area contributed by atoms with Crippen LogP contribution in [0.3, 0.4) is 0 Å². The van der Waals surface area contributed by atoms with Gasteiger partial charge >= 0.3 is 13.8 Å². The van der Waals surface area contributed by atoms with Crippen LogP contribution < -0.4 is 0 Å². The van der Waals surface area contributed by atoms with E-state index in [0.717, 1.165) is 0 Å². The Labute approximate surface area is 112 Å². The van der Waals surface area contributed by atoms with Crippen LogP contribution in [0.4, 0.5) is 0 Å². The van der Waals surface area contributed by atoms with Crippen LogP contribution in [0.5, 0.6) is 0 Å². The highest BCUT2D eigenvalue weighted by molar-refractivity contribution is 7.46. The number of ether oxygens (including phenoxy) is 1. The maximum atomic E-state index is 10.8. The van der Waals surface area contributed by atoms with E-state index in [9.17, 15) is 29.8 Å². The lowest BCUT2D eigenvalue weighted by Gasteiger charge is -2.41. The van der Waals surface area contributed by atoms with E-state index in [-0.39, 0.29) is 0 Å². The molecule has 1 saturated heterocycles. The Bertz CT molecular complexity index is 407. The van der Waals surface area contributed by atoms with Crippen molar-refractivity contribution in [1.82, 2.24) is 0 Å². The maximum absolute atomic E-state index is 10.8. The lowest BCUT2D eigenvalue weighted by atomic mass is 9.93. The van der Waals surface area contributed by atoms with Gasteiger partial charge in [0.1, 0.15) is 18.3 Å². The molecule has 12 heteroatoms. The van der Waals surface area contributed by atoms with Crippen LogP contribution in [0.2, 0.25) is 0 Å². The van der Waals surface area contributed by atoms with Crippen molar-refractivity contribution in [3.63, 3.8) is 0 Å². The average molecular weight is 318 g/mol. The zero-order valence-electron chi connectivity index (χ0n) is 9.93. The summed E-state index contributed by atoms with van der Waals surface area (Å²) in [5.74, 6) is -4.69. The number of aliphatic carboxylic acids is 1. The molecule has 0 amide bonds. The molecule has 0 bridgehead atoms. The summed E-state index contributed by atoms with van der Waals surface area (Å²) in [7, 11) is -4.90. The Balaban J connectivity index is 2.80. The number of rotatable bonds is 5. The summed E-state index contributed by atoms with van der Waals surface area (Å²) in [6, 6.07) is 0. The Morgan fingerprint density at radius 1 is 1.45 bits per heavy atom. The van der Waals surface area contributed by atoms with E-state index in [2.05, 4.69) is 9.26 Å². The molecule has 0 aliphatic carbocycles. The summed E-state index contributed by atoms with van der Waals surface area (Å²) in [6.45, 7) is -1.01. The van der Waals surface area contributed by atoms with Crippen molar-refractivity contribution < 1.29 is 53.9 Å². The van der Waals surface area contributed by atoms with Gasteiger partial charge in [-0.05, 0) is 0 Å². The predicted molar refractivity (Wildman–Crippen MR) is 58.1 cm³/mol. The minimum atomic E-state index is -4.90. The van der Waals surface area contributed by atoms with Crippen molar-refractivity contribution in [1.29, 1.82) is 0 Å². The van der Waals surface area contributed by atoms with Crippen molar-refractivity contribution >= 4 is 13.8 Å². The van der Waals surface area contributed by atoms with E-state index in [1.54, 1.807) is 0 Å². The molecule has 0 aromatic heterocycles. The van der Waals surface area contributed by atoms with Crippen molar-refractivity contribution in [2.24, 2.45) is 0 Å². The Hall–Kier alpha value is -0.620. The number of phosphoric ester groups is 1. The monoisotopic (exact) mass is 318 g/mol. The zero-order chi connectivity index (χ0) is 15.7. The molecule has 1 aliphatic rings. The van der Waals surface area contributed by atoms with E-state index in [0.29, 0.717) is 0 Å². The van der Waals surface area contributed by atoms with Crippen LogP contribution in [0.15, 0.2) is 0 Å². The maximum Gasteiger partial charge on any atom is 0.469 e. The molecule has 1 unspecified atom stereocenters. The summed E-state index contributed by atoms with van der Waals surface area (Å²) < 4.78 is 19.0. The van der Waals surface area contributed by atoms with Gasteiger partial charge < -0.3 is 40.1 Å². The van der Waals surface area contributed by atoms with Crippen LogP contribution in [-0.2, 0) is 18.6 Å². The molecule has 11 nitrogen and oxygen atoms in total. The van der Waals surface area contributed by atoms with Gasteiger partial charge in [-0.15, -0.1) is 0 Å². The smallest absolute Gasteiger partial charge is 0.469 e. The normalized spacial score (nSPS) is 36.6. The van der Waals surface area contributed by atoms with E-state index >= 15 is 0 Å². The van der Waals surface area contributed by atoms with Gasteiger partial charge in [-0.1, -0.05) is 0 Å². The Kier molecular flexibility index (Phi) is 5.24. The molecular weight excluding hydrogens is 303 g/mol. The molecule has 118 valence electrons. The summed E-state index contributed by atoms with van der Waals surface area (Å²) in [4.78, 5) is 27.7. The van der Waals surface area contributed by atoms with Gasteiger partial charge in [0.15, 0.2) is 0 Å². The standard InChI is InChI=1S/C8H15O11P/c9-3-1-8(14,7(12)13)19-6(5(3)11)4(10)2-18-20(15,16)17/h3-6,9-11,14H,1-2H2,(H,12,13)(H2,15,16,17)/t3-,4-,5-,6?,8+/m1/s1. The van der Waals surface area contributed by atoms with Crippen LogP contribution in [-0.4, -0.2) is 78.1 Å². The first kappa shape index (κ1) is 17.4. The first-order valence-corrected chi connectivity index (χ1v) is 6.87. The van der Waals surface area contributed by atoms with E-state index in [1.165, 1.54) is 0 Å². The fourth-order valence-corrected chi connectivity index (χ4v) is 2.03. The predicted octanol–water partition coefficient (Wildman–Crippen LogP) is -3.26.